The fourth-order valence-corrected chi connectivity index (χ4v) is 9.57. The van der Waals surface area contributed by atoms with Crippen LogP contribution in [-0.2, 0) is 16.1 Å². The molecule has 5 aliphatic rings. The van der Waals surface area contributed by atoms with E-state index >= 15 is 0 Å². The summed E-state index contributed by atoms with van der Waals surface area (Å²) in [5, 5.41) is 12.5. The molecule has 3 atom stereocenters. The van der Waals surface area contributed by atoms with Crippen molar-refractivity contribution in [1.29, 1.82) is 0 Å². The Kier molecular flexibility index (Phi) is 9.65. The third kappa shape index (κ3) is 6.97. The lowest BCUT2D eigenvalue weighted by atomic mass is 9.75. The monoisotopic (exact) mass is 757 g/mol. The third-order valence-electron chi connectivity index (χ3n) is 12.8. The molecule has 5 aliphatic heterocycles. The Labute approximate surface area is 326 Å². The molecule has 0 unspecified atom stereocenters. The first kappa shape index (κ1) is 36.2. The highest BCUT2D eigenvalue weighted by molar-refractivity contribution is 6.05. The number of halogens is 1. The highest BCUT2D eigenvalue weighted by Crippen LogP contribution is 2.47. The van der Waals surface area contributed by atoms with E-state index in [1.165, 1.54) is 11.3 Å². The number of phenolic OH excluding ortho intramolecular Hbond substituents is 1. The number of aromatic hydroxyl groups is 1. The second kappa shape index (κ2) is 14.9. The van der Waals surface area contributed by atoms with Crippen molar-refractivity contribution < 1.29 is 28.6 Å². The first-order valence-corrected chi connectivity index (χ1v) is 20.0. The van der Waals surface area contributed by atoms with Crippen LogP contribution >= 0.6 is 0 Å². The molecule has 290 valence electrons. The number of benzene rings is 4. The first-order chi connectivity index (χ1) is 27.2. The van der Waals surface area contributed by atoms with E-state index in [1.807, 2.05) is 30.3 Å². The maximum atomic E-state index is 14.2. The van der Waals surface area contributed by atoms with Gasteiger partial charge in [0.15, 0.2) is 0 Å². The zero-order chi connectivity index (χ0) is 38.5. The number of nitrogens with zero attached hydrogens (tertiary/aromatic N) is 4. The molecular weight excluding hydrogens is 710 g/mol. The molecule has 4 aromatic rings. The van der Waals surface area contributed by atoms with Crippen LogP contribution < -0.4 is 19.9 Å². The number of piperazine rings is 1. The molecule has 0 spiro atoms. The second-order valence-electron chi connectivity index (χ2n) is 16.2. The number of imide groups is 1. The Morgan fingerprint density at radius 2 is 1.54 bits per heavy atom. The van der Waals surface area contributed by atoms with Crippen LogP contribution in [0.25, 0.3) is 0 Å². The number of piperidine rings is 2. The minimum atomic E-state index is -0.599. The molecule has 0 radical (unpaired) electrons. The van der Waals surface area contributed by atoms with E-state index in [9.17, 15) is 23.9 Å². The van der Waals surface area contributed by atoms with Crippen LogP contribution in [0, 0.1) is 18.7 Å². The van der Waals surface area contributed by atoms with E-state index in [0.717, 1.165) is 81.0 Å². The summed E-state index contributed by atoms with van der Waals surface area (Å²) in [7, 11) is 0. The minimum Gasteiger partial charge on any atom is -0.508 e. The molecule has 3 fully saturated rings. The summed E-state index contributed by atoms with van der Waals surface area (Å²) in [6.07, 6.45) is 2.91. The molecule has 2 N–H and O–H groups in total. The topological polar surface area (TPSA) is 106 Å². The Morgan fingerprint density at radius 1 is 0.804 bits per heavy atom. The number of phenols is 1. The lowest BCUT2D eigenvalue weighted by Gasteiger charge is -2.40. The average Bonchev–Trinajstić information content (AvgIpc) is 3.54. The van der Waals surface area contributed by atoms with Crippen LogP contribution in [-0.4, -0.2) is 91.1 Å². The summed E-state index contributed by atoms with van der Waals surface area (Å²) in [5.74, 6) is 0.530. The molecule has 10 nitrogen and oxygen atoms in total. The lowest BCUT2D eigenvalue weighted by molar-refractivity contribution is -0.136. The number of anilines is 2. The average molecular weight is 758 g/mol. The Bertz CT molecular complexity index is 2160. The van der Waals surface area contributed by atoms with Gasteiger partial charge in [-0.3, -0.25) is 24.6 Å². The third-order valence-corrected chi connectivity index (χ3v) is 12.8. The van der Waals surface area contributed by atoms with Gasteiger partial charge in [-0.05, 0) is 96.8 Å². The quantitative estimate of drug-likeness (QED) is 0.223. The molecule has 0 aromatic heterocycles. The van der Waals surface area contributed by atoms with Gasteiger partial charge >= 0.3 is 0 Å². The van der Waals surface area contributed by atoms with Crippen molar-refractivity contribution in [1.82, 2.24) is 15.1 Å². The fourth-order valence-electron chi connectivity index (χ4n) is 9.57. The molecule has 3 amide bonds. The molecule has 0 saturated carbocycles. The number of aryl methyl sites for hydroxylation is 1. The standard InChI is InChI=1S/C45H48FN5O5/c1-28-22-31(4-11-39(28)46)38-27-56-41-24-35(52)8-10-37(41)43(38)30-2-5-33(6-3-30)49-16-14-29(15-17-49)25-48-18-20-50(21-19-48)34-7-9-36-32(23-34)26-51(45(36)55)40-12-13-42(53)47-44(40)54/h2-11,22-24,29,38,40,43,52H,12-21,25-27H2,1H3,(H,47,53,54)/t38-,40+,43-/m1/s1. The summed E-state index contributed by atoms with van der Waals surface area (Å²) in [6, 6.07) is 25.1. The van der Waals surface area contributed by atoms with Gasteiger partial charge in [-0.15, -0.1) is 0 Å². The molecule has 5 heterocycles. The van der Waals surface area contributed by atoms with Crippen molar-refractivity contribution in [3.8, 4) is 11.5 Å². The summed E-state index contributed by atoms with van der Waals surface area (Å²) in [5.41, 5.74) is 7.80. The van der Waals surface area contributed by atoms with Gasteiger partial charge in [-0.1, -0.05) is 30.3 Å². The minimum absolute atomic E-state index is 0.00621. The van der Waals surface area contributed by atoms with Crippen molar-refractivity contribution in [2.24, 2.45) is 5.92 Å². The number of amides is 3. The number of ether oxygens (including phenoxy) is 1. The van der Waals surface area contributed by atoms with Gasteiger partial charge in [0.1, 0.15) is 23.4 Å². The highest BCUT2D eigenvalue weighted by atomic mass is 19.1. The van der Waals surface area contributed by atoms with E-state index in [4.69, 9.17) is 4.74 Å². The van der Waals surface area contributed by atoms with Crippen LogP contribution in [0.1, 0.15) is 75.7 Å². The Hall–Kier alpha value is -5.42. The summed E-state index contributed by atoms with van der Waals surface area (Å²) in [6.45, 7) is 9.61. The Balaban J connectivity index is 0.788. The number of carbonyl (C=O) groups excluding carboxylic acids is 3. The molecule has 11 heteroatoms. The van der Waals surface area contributed by atoms with Crippen molar-refractivity contribution in [3.63, 3.8) is 0 Å². The summed E-state index contributed by atoms with van der Waals surface area (Å²) in [4.78, 5) is 46.3. The van der Waals surface area contributed by atoms with Gasteiger partial charge in [0.2, 0.25) is 11.8 Å². The largest absolute Gasteiger partial charge is 0.508 e. The molecule has 4 aromatic carbocycles. The fraction of sp³-hybridized carbons (Fsp3) is 0.400. The van der Waals surface area contributed by atoms with Gasteiger partial charge in [-0.2, -0.15) is 0 Å². The van der Waals surface area contributed by atoms with Crippen LogP contribution in [0.2, 0.25) is 0 Å². The maximum absolute atomic E-state index is 14.2. The van der Waals surface area contributed by atoms with Crippen LogP contribution in [0.5, 0.6) is 11.5 Å². The van der Waals surface area contributed by atoms with E-state index in [1.54, 1.807) is 30.0 Å². The second-order valence-corrected chi connectivity index (χ2v) is 16.2. The predicted octanol–water partition coefficient (Wildman–Crippen LogP) is 5.95. The van der Waals surface area contributed by atoms with Crippen molar-refractivity contribution in [2.75, 3.05) is 62.2 Å². The zero-order valence-electron chi connectivity index (χ0n) is 31.8. The molecule has 9 rings (SSSR count). The molecular formula is C45H48FN5O5. The predicted molar refractivity (Wildman–Crippen MR) is 212 cm³/mol. The molecule has 0 aliphatic carbocycles. The smallest absolute Gasteiger partial charge is 0.255 e. The SMILES string of the molecule is Cc1cc([C@H]2COc3cc(O)ccc3[C@H]2c2ccc(N3CCC(CN4CCN(c5ccc6c(c5)CN([C@H]5CCC(=O)NC5=O)C6=O)CC4)CC3)cc2)ccc1F. The number of hydrogen-bond acceptors (Lipinski definition) is 8. The van der Waals surface area contributed by atoms with Gasteiger partial charge in [0, 0.05) is 99.2 Å². The first-order valence-electron chi connectivity index (χ1n) is 20.0. The highest BCUT2D eigenvalue weighted by Gasteiger charge is 2.39. The van der Waals surface area contributed by atoms with Crippen LogP contribution in [0.4, 0.5) is 15.8 Å². The maximum Gasteiger partial charge on any atom is 0.255 e. The van der Waals surface area contributed by atoms with Gasteiger partial charge in [0.25, 0.3) is 5.91 Å². The summed E-state index contributed by atoms with van der Waals surface area (Å²) < 4.78 is 20.4. The van der Waals surface area contributed by atoms with Crippen molar-refractivity contribution in [2.45, 2.75) is 57.0 Å². The van der Waals surface area contributed by atoms with Gasteiger partial charge in [-0.25, -0.2) is 4.39 Å². The van der Waals surface area contributed by atoms with Crippen LogP contribution in [0.15, 0.2) is 78.9 Å². The number of carbonyl (C=O) groups is 3. The molecule has 0 bridgehead atoms. The number of rotatable bonds is 7. The summed E-state index contributed by atoms with van der Waals surface area (Å²) >= 11 is 0. The number of hydrogen-bond donors (Lipinski definition) is 2. The number of fused-ring (bicyclic) bond motifs is 2. The van der Waals surface area contributed by atoms with Crippen molar-refractivity contribution >= 4 is 29.1 Å². The van der Waals surface area contributed by atoms with E-state index in [2.05, 4.69) is 50.3 Å². The van der Waals surface area contributed by atoms with Gasteiger partial charge < -0.3 is 24.5 Å². The van der Waals surface area contributed by atoms with Gasteiger partial charge in [0.05, 0.1) is 6.61 Å². The molecule has 3 saturated heterocycles. The van der Waals surface area contributed by atoms with Crippen molar-refractivity contribution in [3.05, 3.63) is 118 Å². The van der Waals surface area contributed by atoms with E-state index < -0.39 is 6.04 Å². The normalized spacial score (nSPS) is 23.1. The number of nitrogens with one attached hydrogen (secondary N) is 1. The van der Waals surface area contributed by atoms with E-state index in [-0.39, 0.29) is 47.5 Å². The Morgan fingerprint density at radius 3 is 2.29 bits per heavy atom. The molecule has 56 heavy (non-hydrogen) atoms. The lowest BCUT2D eigenvalue weighted by Crippen LogP contribution is -2.52. The van der Waals surface area contributed by atoms with Crippen LogP contribution in [0.3, 0.4) is 0 Å². The van der Waals surface area contributed by atoms with E-state index in [0.29, 0.717) is 42.4 Å². The zero-order valence-corrected chi connectivity index (χ0v) is 31.8.